The molecular formula is C9H12BrN3O. The molecule has 1 aromatic rings. The maximum atomic E-state index is 9.11. The first-order valence-electron chi connectivity index (χ1n) is 4.53. The van der Waals surface area contributed by atoms with Gasteiger partial charge in [0.2, 0.25) is 5.95 Å². The van der Waals surface area contributed by atoms with E-state index in [9.17, 15) is 0 Å². The number of hydrogen-bond acceptors (Lipinski definition) is 4. The van der Waals surface area contributed by atoms with E-state index in [1.165, 1.54) is 0 Å². The zero-order valence-corrected chi connectivity index (χ0v) is 9.50. The SMILES string of the molecule is Cc1nc(NC2(CO)CC2)ncc1Br. The smallest absolute Gasteiger partial charge is 0.223 e. The van der Waals surface area contributed by atoms with Crippen LogP contribution in [0.2, 0.25) is 0 Å². The number of hydrogen-bond donors (Lipinski definition) is 2. The van der Waals surface area contributed by atoms with E-state index in [1.54, 1.807) is 6.20 Å². The molecule has 1 aliphatic rings. The first-order valence-corrected chi connectivity index (χ1v) is 5.33. The second-order valence-corrected chi connectivity index (χ2v) is 4.54. The zero-order chi connectivity index (χ0) is 10.2. The minimum absolute atomic E-state index is 0.144. The molecule has 0 spiro atoms. The molecule has 0 unspecified atom stereocenters. The normalized spacial score (nSPS) is 17.9. The van der Waals surface area contributed by atoms with E-state index in [4.69, 9.17) is 5.11 Å². The fraction of sp³-hybridized carbons (Fsp3) is 0.556. The van der Waals surface area contributed by atoms with E-state index in [0.29, 0.717) is 5.95 Å². The Bertz CT molecular complexity index is 352. The van der Waals surface area contributed by atoms with E-state index in [-0.39, 0.29) is 12.1 Å². The number of aryl methyl sites for hydroxylation is 1. The van der Waals surface area contributed by atoms with Crippen LogP contribution >= 0.6 is 15.9 Å². The molecule has 4 nitrogen and oxygen atoms in total. The highest BCUT2D eigenvalue weighted by atomic mass is 79.9. The highest BCUT2D eigenvalue weighted by molar-refractivity contribution is 9.10. The minimum atomic E-state index is -0.153. The van der Waals surface area contributed by atoms with Crippen LogP contribution < -0.4 is 5.32 Å². The van der Waals surface area contributed by atoms with Crippen LogP contribution in [0, 0.1) is 6.92 Å². The number of aliphatic hydroxyl groups is 1. The van der Waals surface area contributed by atoms with Crippen LogP contribution in [0.4, 0.5) is 5.95 Å². The summed E-state index contributed by atoms with van der Waals surface area (Å²) in [7, 11) is 0. The summed E-state index contributed by atoms with van der Waals surface area (Å²) in [6.45, 7) is 2.06. The monoisotopic (exact) mass is 257 g/mol. The standard InChI is InChI=1S/C9H12BrN3O/c1-6-7(10)4-11-8(12-6)13-9(5-14)2-3-9/h4,14H,2-3,5H2,1H3,(H,11,12,13). The van der Waals surface area contributed by atoms with Crippen LogP contribution in [0.3, 0.4) is 0 Å². The third-order valence-electron chi connectivity index (χ3n) is 2.45. The third-order valence-corrected chi connectivity index (χ3v) is 3.23. The summed E-state index contributed by atoms with van der Waals surface area (Å²) in [5, 5.41) is 12.3. The van der Waals surface area contributed by atoms with Crippen molar-refractivity contribution < 1.29 is 5.11 Å². The van der Waals surface area contributed by atoms with E-state index in [2.05, 4.69) is 31.2 Å². The summed E-state index contributed by atoms with van der Waals surface area (Å²) in [4.78, 5) is 8.40. The predicted octanol–water partition coefficient (Wildman–Crippen LogP) is 1.48. The van der Waals surface area contributed by atoms with Crippen molar-refractivity contribution in [3.8, 4) is 0 Å². The van der Waals surface area contributed by atoms with E-state index < -0.39 is 0 Å². The van der Waals surface area contributed by atoms with Gasteiger partial charge >= 0.3 is 0 Å². The van der Waals surface area contributed by atoms with Crippen molar-refractivity contribution in [2.45, 2.75) is 25.3 Å². The highest BCUT2D eigenvalue weighted by Crippen LogP contribution is 2.37. The summed E-state index contributed by atoms with van der Waals surface area (Å²) in [5.74, 6) is 0.595. The summed E-state index contributed by atoms with van der Waals surface area (Å²) in [5.41, 5.74) is 0.747. The van der Waals surface area contributed by atoms with Gasteiger partial charge in [-0.15, -0.1) is 0 Å². The van der Waals surface area contributed by atoms with Gasteiger partial charge in [0.25, 0.3) is 0 Å². The van der Waals surface area contributed by atoms with Crippen LogP contribution in [0.15, 0.2) is 10.7 Å². The molecule has 0 atom stereocenters. The fourth-order valence-electron chi connectivity index (χ4n) is 1.22. The van der Waals surface area contributed by atoms with Crippen molar-refractivity contribution in [2.24, 2.45) is 0 Å². The molecule has 0 bridgehead atoms. The molecular weight excluding hydrogens is 246 g/mol. The van der Waals surface area contributed by atoms with Gasteiger partial charge in [0, 0.05) is 6.20 Å². The molecule has 0 amide bonds. The predicted molar refractivity (Wildman–Crippen MR) is 57.1 cm³/mol. The van der Waals surface area contributed by atoms with E-state index >= 15 is 0 Å². The number of aliphatic hydroxyl groups excluding tert-OH is 1. The van der Waals surface area contributed by atoms with Gasteiger partial charge in [-0.1, -0.05) is 0 Å². The maximum Gasteiger partial charge on any atom is 0.223 e. The molecule has 5 heteroatoms. The van der Waals surface area contributed by atoms with Gasteiger partial charge in [0.15, 0.2) is 0 Å². The van der Waals surface area contributed by atoms with Gasteiger partial charge in [-0.3, -0.25) is 0 Å². The van der Waals surface area contributed by atoms with Crippen molar-refractivity contribution in [3.63, 3.8) is 0 Å². The van der Waals surface area contributed by atoms with Crippen LogP contribution in [-0.2, 0) is 0 Å². The Labute approximate surface area is 90.9 Å². The average molecular weight is 258 g/mol. The molecule has 0 radical (unpaired) electrons. The largest absolute Gasteiger partial charge is 0.394 e. The lowest BCUT2D eigenvalue weighted by Gasteiger charge is -2.14. The molecule has 0 saturated heterocycles. The Morgan fingerprint density at radius 2 is 2.36 bits per heavy atom. The molecule has 2 rings (SSSR count). The number of rotatable bonds is 3. The van der Waals surface area contributed by atoms with Crippen LogP contribution in [0.1, 0.15) is 18.5 Å². The molecule has 1 heterocycles. The average Bonchev–Trinajstić information content (AvgIpc) is 2.93. The summed E-state index contributed by atoms with van der Waals surface area (Å²) in [6, 6.07) is 0. The molecule has 1 aromatic heterocycles. The van der Waals surface area contributed by atoms with Crippen LogP contribution in [-0.4, -0.2) is 27.2 Å². The Balaban J connectivity index is 2.14. The number of nitrogens with one attached hydrogen (secondary N) is 1. The number of halogens is 1. The van der Waals surface area contributed by atoms with Crippen LogP contribution in [0.5, 0.6) is 0 Å². The van der Waals surface area contributed by atoms with Crippen LogP contribution in [0.25, 0.3) is 0 Å². The second kappa shape index (κ2) is 3.47. The Morgan fingerprint density at radius 1 is 1.64 bits per heavy atom. The lowest BCUT2D eigenvalue weighted by atomic mass is 10.3. The molecule has 14 heavy (non-hydrogen) atoms. The van der Waals surface area contributed by atoms with Crippen molar-refractivity contribution in [2.75, 3.05) is 11.9 Å². The molecule has 2 N–H and O–H groups in total. The number of aromatic nitrogens is 2. The number of nitrogens with zero attached hydrogens (tertiary/aromatic N) is 2. The minimum Gasteiger partial charge on any atom is -0.394 e. The van der Waals surface area contributed by atoms with E-state index in [0.717, 1.165) is 23.0 Å². The Kier molecular flexibility index (Phi) is 2.45. The van der Waals surface area contributed by atoms with Gasteiger partial charge in [-0.05, 0) is 35.7 Å². The lowest BCUT2D eigenvalue weighted by molar-refractivity contribution is 0.265. The van der Waals surface area contributed by atoms with Crippen molar-refractivity contribution in [3.05, 3.63) is 16.4 Å². The molecule has 0 aromatic carbocycles. The van der Waals surface area contributed by atoms with Crippen molar-refractivity contribution in [1.82, 2.24) is 9.97 Å². The topological polar surface area (TPSA) is 58.0 Å². The first kappa shape index (κ1) is 9.86. The summed E-state index contributed by atoms with van der Waals surface area (Å²) < 4.78 is 0.900. The van der Waals surface area contributed by atoms with E-state index in [1.807, 2.05) is 6.92 Å². The number of anilines is 1. The Morgan fingerprint density at radius 3 is 2.86 bits per heavy atom. The quantitative estimate of drug-likeness (QED) is 0.862. The zero-order valence-electron chi connectivity index (χ0n) is 7.92. The summed E-state index contributed by atoms with van der Waals surface area (Å²) >= 11 is 3.34. The van der Waals surface area contributed by atoms with Gasteiger partial charge < -0.3 is 10.4 Å². The molecule has 1 saturated carbocycles. The Hall–Kier alpha value is -0.680. The lowest BCUT2D eigenvalue weighted by Crippen LogP contribution is -2.26. The second-order valence-electron chi connectivity index (χ2n) is 3.69. The maximum absolute atomic E-state index is 9.11. The highest BCUT2D eigenvalue weighted by Gasteiger charge is 2.42. The van der Waals surface area contributed by atoms with Gasteiger partial charge in [0.1, 0.15) is 0 Å². The molecule has 1 fully saturated rings. The summed E-state index contributed by atoms with van der Waals surface area (Å²) in [6.07, 6.45) is 3.70. The van der Waals surface area contributed by atoms with Gasteiger partial charge in [0.05, 0.1) is 22.3 Å². The van der Waals surface area contributed by atoms with Crippen molar-refractivity contribution in [1.29, 1.82) is 0 Å². The van der Waals surface area contributed by atoms with Gasteiger partial charge in [-0.2, -0.15) is 0 Å². The third kappa shape index (κ3) is 1.88. The first-order chi connectivity index (χ1) is 6.65. The molecule has 0 aliphatic heterocycles. The fourth-order valence-corrected chi connectivity index (χ4v) is 1.41. The molecule has 76 valence electrons. The molecule has 1 aliphatic carbocycles. The van der Waals surface area contributed by atoms with Gasteiger partial charge in [-0.25, -0.2) is 9.97 Å². The van der Waals surface area contributed by atoms with Crippen molar-refractivity contribution >= 4 is 21.9 Å².